The van der Waals surface area contributed by atoms with E-state index in [0.717, 1.165) is 12.8 Å². The topological polar surface area (TPSA) is 61.5 Å². The largest absolute Gasteiger partial charge is 0.481 e. The van der Waals surface area contributed by atoms with E-state index in [-0.39, 0.29) is 18.4 Å². The van der Waals surface area contributed by atoms with Gasteiger partial charge in [0.05, 0.1) is 6.61 Å². The molecule has 0 radical (unpaired) electrons. The van der Waals surface area contributed by atoms with Crippen molar-refractivity contribution in [2.45, 2.75) is 32.7 Å². The second-order valence-corrected chi connectivity index (χ2v) is 4.33. The van der Waals surface area contributed by atoms with Gasteiger partial charge in [-0.05, 0) is 19.4 Å². The minimum atomic E-state index is -0.465. The number of hydrogen-bond acceptors (Lipinski definition) is 4. The first-order valence-corrected chi connectivity index (χ1v) is 6.38. The van der Waals surface area contributed by atoms with Crippen LogP contribution in [0.4, 0.5) is 4.39 Å². The lowest BCUT2D eigenvalue weighted by Gasteiger charge is -2.13. The summed E-state index contributed by atoms with van der Waals surface area (Å²) in [5.74, 6) is -0.616. The quantitative estimate of drug-likeness (QED) is 0.610. The summed E-state index contributed by atoms with van der Waals surface area (Å²) in [5, 5.41) is 0. The zero-order valence-electron chi connectivity index (χ0n) is 11.3. The lowest BCUT2D eigenvalue weighted by Crippen LogP contribution is -2.17. The van der Waals surface area contributed by atoms with Gasteiger partial charge in [0.1, 0.15) is 11.6 Å². The normalized spacial score (nSPS) is 12.0. The third-order valence-corrected chi connectivity index (χ3v) is 2.57. The van der Waals surface area contributed by atoms with Crippen LogP contribution in [-0.4, -0.2) is 19.2 Å². The van der Waals surface area contributed by atoms with Crippen molar-refractivity contribution >= 4 is 5.97 Å². The molecule has 0 saturated carbocycles. The molecule has 0 unspecified atom stereocenters. The Morgan fingerprint density at radius 2 is 2.21 bits per heavy atom. The number of rotatable bonds is 7. The van der Waals surface area contributed by atoms with Gasteiger partial charge in [0, 0.05) is 17.7 Å². The highest BCUT2D eigenvalue weighted by molar-refractivity contribution is 5.71. The maximum atomic E-state index is 13.1. The number of carbonyl (C=O) groups excluding carboxylic acids is 1. The number of halogens is 1. The van der Waals surface area contributed by atoms with Gasteiger partial charge in [-0.25, -0.2) is 9.18 Å². The van der Waals surface area contributed by atoms with E-state index in [1.807, 2.05) is 6.92 Å². The fourth-order valence-electron chi connectivity index (χ4n) is 1.52. The summed E-state index contributed by atoms with van der Waals surface area (Å²) in [5.41, 5.74) is 6.41. The third-order valence-electron chi connectivity index (χ3n) is 2.57. The van der Waals surface area contributed by atoms with Gasteiger partial charge in [0.25, 0.3) is 0 Å². The van der Waals surface area contributed by atoms with Gasteiger partial charge in [-0.15, -0.1) is 0 Å². The molecule has 19 heavy (non-hydrogen) atoms. The highest BCUT2D eigenvalue weighted by atomic mass is 19.1. The molecule has 1 aromatic rings. The van der Waals surface area contributed by atoms with Gasteiger partial charge in [-0.2, -0.15) is 0 Å². The monoisotopic (exact) mass is 269 g/mol. The van der Waals surface area contributed by atoms with E-state index in [0.29, 0.717) is 12.2 Å². The van der Waals surface area contributed by atoms with Gasteiger partial charge in [-0.1, -0.05) is 19.4 Å². The molecule has 0 aliphatic carbocycles. The number of ether oxygens (including phenoxy) is 2. The van der Waals surface area contributed by atoms with Crippen molar-refractivity contribution in [3.05, 3.63) is 29.6 Å². The van der Waals surface area contributed by atoms with Crippen LogP contribution in [0.3, 0.4) is 0 Å². The van der Waals surface area contributed by atoms with Crippen molar-refractivity contribution in [2.75, 3.05) is 13.2 Å². The van der Waals surface area contributed by atoms with Crippen LogP contribution in [0.5, 0.6) is 5.75 Å². The molecule has 0 bridgehead atoms. The molecular weight excluding hydrogens is 249 g/mol. The van der Waals surface area contributed by atoms with Crippen LogP contribution < -0.4 is 10.5 Å². The number of benzene rings is 1. The SMILES string of the molecule is CCCCOC(=O)COc1cc(F)ccc1[C@H](C)N. The summed E-state index contributed by atoms with van der Waals surface area (Å²) >= 11 is 0. The molecule has 0 aliphatic heterocycles. The van der Waals surface area contributed by atoms with Crippen molar-refractivity contribution in [3.63, 3.8) is 0 Å². The Labute approximate surface area is 112 Å². The minimum Gasteiger partial charge on any atom is -0.481 e. The number of carbonyl (C=O) groups is 1. The maximum Gasteiger partial charge on any atom is 0.344 e. The Hall–Kier alpha value is -1.62. The summed E-state index contributed by atoms with van der Waals surface area (Å²) in [7, 11) is 0. The third kappa shape index (κ3) is 5.26. The van der Waals surface area contributed by atoms with Gasteiger partial charge in [0.15, 0.2) is 6.61 Å². The fourth-order valence-corrected chi connectivity index (χ4v) is 1.52. The van der Waals surface area contributed by atoms with Crippen LogP contribution in [0.1, 0.15) is 38.3 Å². The zero-order chi connectivity index (χ0) is 14.3. The van der Waals surface area contributed by atoms with E-state index in [2.05, 4.69) is 0 Å². The van der Waals surface area contributed by atoms with Gasteiger partial charge in [-0.3, -0.25) is 0 Å². The first-order valence-electron chi connectivity index (χ1n) is 6.38. The van der Waals surface area contributed by atoms with Crippen LogP contribution >= 0.6 is 0 Å². The van der Waals surface area contributed by atoms with Crippen molar-refractivity contribution in [2.24, 2.45) is 5.73 Å². The van der Waals surface area contributed by atoms with Gasteiger partial charge < -0.3 is 15.2 Å². The van der Waals surface area contributed by atoms with Crippen molar-refractivity contribution in [3.8, 4) is 5.75 Å². The Morgan fingerprint density at radius 3 is 2.84 bits per heavy atom. The first-order chi connectivity index (χ1) is 9.04. The Morgan fingerprint density at radius 1 is 1.47 bits per heavy atom. The average Bonchev–Trinajstić information content (AvgIpc) is 2.36. The molecule has 1 atom stereocenters. The number of esters is 1. The van der Waals surface area contributed by atoms with E-state index in [1.165, 1.54) is 12.1 Å². The molecule has 0 saturated heterocycles. The molecular formula is C14H20FNO3. The Bertz CT molecular complexity index is 421. The highest BCUT2D eigenvalue weighted by Crippen LogP contribution is 2.24. The predicted octanol–water partition coefficient (Wildman–Crippen LogP) is 2.57. The van der Waals surface area contributed by atoms with Crippen LogP contribution in [0.15, 0.2) is 18.2 Å². The highest BCUT2D eigenvalue weighted by Gasteiger charge is 2.11. The maximum absolute atomic E-state index is 13.1. The van der Waals surface area contributed by atoms with Crippen LogP contribution in [0, 0.1) is 5.82 Å². The number of hydrogen-bond donors (Lipinski definition) is 1. The molecule has 0 aromatic heterocycles. The van der Waals surface area contributed by atoms with E-state index in [4.69, 9.17) is 15.2 Å². The number of unbranched alkanes of at least 4 members (excludes halogenated alkanes) is 1. The molecule has 4 nitrogen and oxygen atoms in total. The van der Waals surface area contributed by atoms with Crippen LogP contribution in [-0.2, 0) is 9.53 Å². The molecule has 106 valence electrons. The molecule has 0 spiro atoms. The molecule has 0 amide bonds. The van der Waals surface area contributed by atoms with Gasteiger partial charge in [0.2, 0.25) is 0 Å². The smallest absolute Gasteiger partial charge is 0.344 e. The average molecular weight is 269 g/mol. The van der Waals surface area contributed by atoms with Crippen LogP contribution in [0.25, 0.3) is 0 Å². The molecule has 1 aromatic carbocycles. The molecule has 1 rings (SSSR count). The zero-order valence-corrected chi connectivity index (χ0v) is 11.3. The first kappa shape index (κ1) is 15.4. The Balaban J connectivity index is 2.56. The van der Waals surface area contributed by atoms with Gasteiger partial charge >= 0.3 is 5.97 Å². The molecule has 0 aliphatic rings. The molecule has 2 N–H and O–H groups in total. The second kappa shape index (κ2) is 7.74. The fraction of sp³-hybridized carbons (Fsp3) is 0.500. The standard InChI is InChI=1S/C14H20FNO3/c1-3-4-7-18-14(17)9-19-13-8-11(15)5-6-12(13)10(2)16/h5-6,8,10H,3-4,7,9,16H2,1-2H3/t10-/m0/s1. The summed E-state index contributed by atoms with van der Waals surface area (Å²) in [6, 6.07) is 3.78. The molecule has 0 heterocycles. The number of nitrogens with two attached hydrogens (primary N) is 1. The van der Waals surface area contributed by atoms with E-state index in [9.17, 15) is 9.18 Å². The minimum absolute atomic E-state index is 0.243. The summed E-state index contributed by atoms with van der Waals surface area (Å²) in [6.07, 6.45) is 1.77. The van der Waals surface area contributed by atoms with E-state index in [1.54, 1.807) is 13.0 Å². The molecule has 0 fully saturated rings. The predicted molar refractivity (Wildman–Crippen MR) is 70.4 cm³/mol. The van der Waals surface area contributed by atoms with E-state index < -0.39 is 11.8 Å². The summed E-state index contributed by atoms with van der Waals surface area (Å²) in [6.45, 7) is 3.90. The van der Waals surface area contributed by atoms with Crippen molar-refractivity contribution < 1.29 is 18.7 Å². The van der Waals surface area contributed by atoms with Crippen LogP contribution in [0.2, 0.25) is 0 Å². The Kier molecular flexibility index (Phi) is 6.29. The van der Waals surface area contributed by atoms with E-state index >= 15 is 0 Å². The van der Waals surface area contributed by atoms with Crippen molar-refractivity contribution in [1.82, 2.24) is 0 Å². The lowest BCUT2D eigenvalue weighted by atomic mass is 10.1. The lowest BCUT2D eigenvalue weighted by molar-refractivity contribution is -0.146. The summed E-state index contributed by atoms with van der Waals surface area (Å²) in [4.78, 5) is 11.4. The summed E-state index contributed by atoms with van der Waals surface area (Å²) < 4.78 is 23.4. The molecule has 5 heteroatoms. The second-order valence-electron chi connectivity index (χ2n) is 4.33. The van der Waals surface area contributed by atoms with Crippen molar-refractivity contribution in [1.29, 1.82) is 0 Å².